The van der Waals surface area contributed by atoms with Gasteiger partial charge in [-0.15, -0.1) is 0 Å². The van der Waals surface area contributed by atoms with Gasteiger partial charge < -0.3 is 15.4 Å². The Labute approximate surface area is 110 Å². The lowest BCUT2D eigenvalue weighted by molar-refractivity contribution is 0.195. The van der Waals surface area contributed by atoms with Crippen LogP contribution in [0.4, 0.5) is 0 Å². The zero-order valence-electron chi connectivity index (χ0n) is 11.8. The zero-order valence-corrected chi connectivity index (χ0v) is 12.6. The molecule has 17 heavy (non-hydrogen) atoms. The molecule has 0 radical (unpaired) electrons. The van der Waals surface area contributed by atoms with Crippen molar-refractivity contribution in [2.24, 2.45) is 4.99 Å². The lowest BCUT2D eigenvalue weighted by atomic mass is 10.2. The SMILES string of the molecule is CCNC(=NCC(C)(C)SC)NCCCOC. The van der Waals surface area contributed by atoms with Crippen LogP contribution in [-0.2, 0) is 4.74 Å². The van der Waals surface area contributed by atoms with Crippen LogP contribution >= 0.6 is 11.8 Å². The summed E-state index contributed by atoms with van der Waals surface area (Å²) >= 11 is 1.84. The first-order valence-electron chi connectivity index (χ1n) is 6.12. The van der Waals surface area contributed by atoms with Gasteiger partial charge in [0.15, 0.2) is 5.96 Å². The molecule has 0 aliphatic heterocycles. The second-order valence-corrected chi connectivity index (χ2v) is 5.95. The van der Waals surface area contributed by atoms with Gasteiger partial charge in [0, 0.05) is 31.6 Å². The Morgan fingerprint density at radius 3 is 2.59 bits per heavy atom. The first-order valence-corrected chi connectivity index (χ1v) is 7.34. The molecule has 0 spiro atoms. The van der Waals surface area contributed by atoms with Crippen molar-refractivity contribution in [3.63, 3.8) is 0 Å². The van der Waals surface area contributed by atoms with Crippen LogP contribution in [0.3, 0.4) is 0 Å². The minimum atomic E-state index is 0.189. The van der Waals surface area contributed by atoms with Crippen molar-refractivity contribution in [2.45, 2.75) is 31.9 Å². The smallest absolute Gasteiger partial charge is 0.191 e. The summed E-state index contributed by atoms with van der Waals surface area (Å²) in [7, 11) is 1.72. The molecule has 0 aromatic heterocycles. The standard InChI is InChI=1S/C12H27N3OS/c1-6-13-11(14-8-7-9-16-4)15-10-12(2,3)17-5/h6-10H2,1-5H3,(H2,13,14,15). The highest BCUT2D eigenvalue weighted by atomic mass is 32.2. The lowest BCUT2D eigenvalue weighted by Gasteiger charge is -2.20. The number of rotatable bonds is 8. The molecule has 0 heterocycles. The highest BCUT2D eigenvalue weighted by Gasteiger charge is 2.15. The summed E-state index contributed by atoms with van der Waals surface area (Å²) in [6.07, 6.45) is 3.11. The normalized spacial score (nSPS) is 12.6. The Kier molecular flexibility index (Phi) is 9.36. The summed E-state index contributed by atoms with van der Waals surface area (Å²) in [6.45, 7) is 9.85. The van der Waals surface area contributed by atoms with E-state index in [1.807, 2.05) is 11.8 Å². The lowest BCUT2D eigenvalue weighted by Crippen LogP contribution is -2.39. The van der Waals surface area contributed by atoms with Crippen molar-refractivity contribution < 1.29 is 4.74 Å². The summed E-state index contributed by atoms with van der Waals surface area (Å²) in [5.74, 6) is 0.894. The number of aliphatic imine (C=N–C) groups is 1. The van der Waals surface area contributed by atoms with Gasteiger partial charge in [-0.25, -0.2) is 0 Å². The van der Waals surface area contributed by atoms with E-state index in [1.165, 1.54) is 0 Å². The Hall–Kier alpha value is -0.420. The molecule has 0 aromatic carbocycles. The van der Waals surface area contributed by atoms with Gasteiger partial charge in [-0.1, -0.05) is 0 Å². The number of nitrogens with zero attached hydrogens (tertiary/aromatic N) is 1. The summed E-state index contributed by atoms with van der Waals surface area (Å²) < 4.78 is 5.20. The summed E-state index contributed by atoms with van der Waals surface area (Å²) in [4.78, 5) is 4.59. The third-order valence-electron chi connectivity index (χ3n) is 2.33. The molecule has 0 atom stereocenters. The van der Waals surface area contributed by atoms with Gasteiger partial charge in [-0.3, -0.25) is 4.99 Å². The fraction of sp³-hybridized carbons (Fsp3) is 0.917. The fourth-order valence-electron chi connectivity index (χ4n) is 1.10. The van der Waals surface area contributed by atoms with Crippen LogP contribution in [0.1, 0.15) is 27.2 Å². The van der Waals surface area contributed by atoms with Crippen molar-refractivity contribution in [3.8, 4) is 0 Å². The molecule has 0 saturated carbocycles. The molecule has 0 amide bonds. The summed E-state index contributed by atoms with van der Waals surface area (Å²) in [5.41, 5.74) is 0. The van der Waals surface area contributed by atoms with Gasteiger partial charge in [-0.2, -0.15) is 11.8 Å². The van der Waals surface area contributed by atoms with E-state index in [-0.39, 0.29) is 4.75 Å². The molecule has 0 aromatic rings. The zero-order chi connectivity index (χ0) is 13.1. The predicted octanol–water partition coefficient (Wildman–Crippen LogP) is 1.72. The van der Waals surface area contributed by atoms with E-state index < -0.39 is 0 Å². The molecular weight excluding hydrogens is 234 g/mol. The van der Waals surface area contributed by atoms with Gasteiger partial charge in [-0.05, 0) is 33.4 Å². The van der Waals surface area contributed by atoms with Crippen LogP contribution in [0, 0.1) is 0 Å². The average molecular weight is 261 g/mol. The first kappa shape index (κ1) is 16.6. The van der Waals surface area contributed by atoms with Crippen molar-refractivity contribution >= 4 is 17.7 Å². The highest BCUT2D eigenvalue weighted by molar-refractivity contribution is 7.99. The van der Waals surface area contributed by atoms with E-state index in [1.54, 1.807) is 7.11 Å². The molecule has 0 rings (SSSR count). The molecule has 0 aliphatic rings. The largest absolute Gasteiger partial charge is 0.385 e. The molecule has 2 N–H and O–H groups in total. The second-order valence-electron chi connectivity index (χ2n) is 4.43. The van der Waals surface area contributed by atoms with Crippen LogP contribution in [0.15, 0.2) is 4.99 Å². The van der Waals surface area contributed by atoms with Crippen LogP contribution < -0.4 is 10.6 Å². The maximum absolute atomic E-state index is 5.01. The quantitative estimate of drug-likeness (QED) is 0.397. The minimum Gasteiger partial charge on any atom is -0.385 e. The molecule has 0 saturated heterocycles. The van der Waals surface area contributed by atoms with E-state index in [9.17, 15) is 0 Å². The number of methoxy groups -OCH3 is 1. The number of nitrogens with one attached hydrogen (secondary N) is 2. The number of thioether (sulfide) groups is 1. The second kappa shape index (κ2) is 9.59. The maximum Gasteiger partial charge on any atom is 0.191 e. The van der Waals surface area contributed by atoms with Crippen molar-refractivity contribution in [1.29, 1.82) is 0 Å². The third kappa shape index (κ3) is 9.30. The molecule has 0 bridgehead atoms. The Bertz CT molecular complexity index is 220. The number of guanidine groups is 1. The van der Waals surface area contributed by atoms with Crippen LogP contribution in [0.2, 0.25) is 0 Å². The molecule has 4 nitrogen and oxygen atoms in total. The highest BCUT2D eigenvalue weighted by Crippen LogP contribution is 2.20. The average Bonchev–Trinajstić information content (AvgIpc) is 2.31. The molecule has 5 heteroatoms. The maximum atomic E-state index is 5.01. The Morgan fingerprint density at radius 1 is 1.35 bits per heavy atom. The predicted molar refractivity (Wildman–Crippen MR) is 78.1 cm³/mol. The topological polar surface area (TPSA) is 45.7 Å². The van der Waals surface area contributed by atoms with Crippen molar-refractivity contribution in [1.82, 2.24) is 10.6 Å². The third-order valence-corrected chi connectivity index (χ3v) is 3.57. The number of hydrogen-bond donors (Lipinski definition) is 2. The van der Waals surface area contributed by atoms with Gasteiger partial charge in [0.25, 0.3) is 0 Å². The van der Waals surface area contributed by atoms with Crippen LogP contribution in [-0.4, -0.2) is 50.3 Å². The van der Waals surface area contributed by atoms with Gasteiger partial charge >= 0.3 is 0 Å². The number of hydrogen-bond acceptors (Lipinski definition) is 3. The monoisotopic (exact) mass is 261 g/mol. The van der Waals surface area contributed by atoms with Gasteiger partial charge in [0.1, 0.15) is 0 Å². The van der Waals surface area contributed by atoms with Gasteiger partial charge in [0.05, 0.1) is 6.54 Å². The molecular formula is C12H27N3OS. The van der Waals surface area contributed by atoms with E-state index >= 15 is 0 Å². The first-order chi connectivity index (χ1) is 8.05. The van der Waals surface area contributed by atoms with E-state index in [0.717, 1.165) is 38.6 Å². The van der Waals surface area contributed by atoms with Crippen molar-refractivity contribution in [2.75, 3.05) is 39.6 Å². The minimum absolute atomic E-state index is 0.189. The van der Waals surface area contributed by atoms with Crippen molar-refractivity contribution in [3.05, 3.63) is 0 Å². The number of ether oxygens (including phenoxy) is 1. The molecule has 0 aliphatic carbocycles. The fourth-order valence-corrected chi connectivity index (χ4v) is 1.29. The van der Waals surface area contributed by atoms with Crippen LogP contribution in [0.5, 0.6) is 0 Å². The van der Waals surface area contributed by atoms with E-state index in [4.69, 9.17) is 4.74 Å². The van der Waals surface area contributed by atoms with Gasteiger partial charge in [0.2, 0.25) is 0 Å². The summed E-state index contributed by atoms with van der Waals surface area (Å²) in [6, 6.07) is 0. The van der Waals surface area contributed by atoms with E-state index in [0.29, 0.717) is 0 Å². The molecule has 102 valence electrons. The molecule has 0 fully saturated rings. The Balaban J connectivity index is 4.07. The van der Waals surface area contributed by atoms with Crippen LogP contribution in [0.25, 0.3) is 0 Å². The Morgan fingerprint density at radius 2 is 2.06 bits per heavy atom. The summed E-state index contributed by atoms with van der Waals surface area (Å²) in [5, 5.41) is 6.55. The van der Waals surface area contributed by atoms with E-state index in [2.05, 4.69) is 42.7 Å². The molecule has 0 unspecified atom stereocenters.